The molecule has 4 nitrogen and oxygen atoms in total. The van der Waals surface area contributed by atoms with Crippen LogP contribution in [0.1, 0.15) is 26.7 Å². The lowest BCUT2D eigenvalue weighted by Crippen LogP contribution is -2.16. The van der Waals surface area contributed by atoms with Gasteiger partial charge in [-0.2, -0.15) is 5.26 Å². The molecule has 0 saturated heterocycles. The van der Waals surface area contributed by atoms with Gasteiger partial charge < -0.3 is 10.1 Å². The van der Waals surface area contributed by atoms with Crippen LogP contribution in [0.15, 0.2) is 24.3 Å². The SMILES string of the molecule is CCC(CC#N)Oc1ccccc1NC(C)=O. The van der Waals surface area contributed by atoms with Gasteiger partial charge in [0.25, 0.3) is 0 Å². The first kappa shape index (κ1) is 13.0. The smallest absolute Gasteiger partial charge is 0.221 e. The minimum absolute atomic E-state index is 0.144. The Morgan fingerprint density at radius 3 is 2.82 bits per heavy atom. The minimum atomic E-state index is -0.144. The molecule has 0 radical (unpaired) electrons. The van der Waals surface area contributed by atoms with E-state index < -0.39 is 0 Å². The number of para-hydroxylation sites is 2. The van der Waals surface area contributed by atoms with Crippen LogP contribution in [-0.2, 0) is 4.79 Å². The fourth-order valence-electron chi connectivity index (χ4n) is 1.41. The first-order chi connectivity index (χ1) is 8.17. The zero-order chi connectivity index (χ0) is 12.7. The molecular formula is C13H16N2O2. The highest BCUT2D eigenvalue weighted by molar-refractivity contribution is 5.90. The van der Waals surface area contributed by atoms with Gasteiger partial charge >= 0.3 is 0 Å². The van der Waals surface area contributed by atoms with E-state index in [-0.39, 0.29) is 12.0 Å². The van der Waals surface area contributed by atoms with Crippen LogP contribution in [0.4, 0.5) is 5.69 Å². The highest BCUT2D eigenvalue weighted by atomic mass is 16.5. The Kier molecular flexibility index (Phi) is 5.02. The number of amides is 1. The number of nitrogens with zero attached hydrogens (tertiary/aromatic N) is 1. The third kappa shape index (κ3) is 4.15. The first-order valence-electron chi connectivity index (χ1n) is 5.57. The van der Waals surface area contributed by atoms with E-state index >= 15 is 0 Å². The van der Waals surface area contributed by atoms with E-state index in [1.54, 1.807) is 12.1 Å². The molecule has 4 heteroatoms. The van der Waals surface area contributed by atoms with Gasteiger partial charge in [-0.1, -0.05) is 19.1 Å². The number of carbonyl (C=O) groups excluding carboxylic acids is 1. The zero-order valence-electron chi connectivity index (χ0n) is 10.1. The molecule has 0 aromatic heterocycles. The third-order valence-electron chi connectivity index (χ3n) is 2.27. The number of benzene rings is 1. The van der Waals surface area contributed by atoms with Crippen LogP contribution in [0.5, 0.6) is 5.75 Å². The summed E-state index contributed by atoms with van der Waals surface area (Å²) >= 11 is 0. The van der Waals surface area contributed by atoms with Crippen LogP contribution < -0.4 is 10.1 Å². The molecule has 0 saturated carbocycles. The quantitative estimate of drug-likeness (QED) is 0.849. The van der Waals surface area contributed by atoms with Crippen molar-refractivity contribution in [3.63, 3.8) is 0 Å². The summed E-state index contributed by atoms with van der Waals surface area (Å²) in [6, 6.07) is 9.30. The van der Waals surface area contributed by atoms with Gasteiger partial charge in [-0.05, 0) is 18.6 Å². The molecular weight excluding hydrogens is 216 g/mol. The average Bonchev–Trinajstić information content (AvgIpc) is 2.30. The molecule has 1 aromatic carbocycles. The highest BCUT2D eigenvalue weighted by Crippen LogP contribution is 2.25. The van der Waals surface area contributed by atoms with Crippen molar-refractivity contribution in [2.45, 2.75) is 32.8 Å². The molecule has 0 heterocycles. The largest absolute Gasteiger partial charge is 0.487 e. The Bertz CT molecular complexity index is 424. The molecule has 0 aliphatic rings. The number of carbonyl (C=O) groups is 1. The van der Waals surface area contributed by atoms with Crippen LogP contribution in [0.3, 0.4) is 0 Å². The van der Waals surface area contributed by atoms with Crippen molar-refractivity contribution in [1.82, 2.24) is 0 Å². The number of nitriles is 1. The number of hydrogen-bond acceptors (Lipinski definition) is 3. The summed E-state index contributed by atoms with van der Waals surface area (Å²) in [6.45, 7) is 3.41. The molecule has 0 aliphatic carbocycles. The van der Waals surface area contributed by atoms with E-state index in [4.69, 9.17) is 10.00 Å². The Labute approximate surface area is 101 Å². The van der Waals surface area contributed by atoms with Crippen LogP contribution in [-0.4, -0.2) is 12.0 Å². The normalized spacial score (nSPS) is 11.4. The van der Waals surface area contributed by atoms with Gasteiger partial charge in [-0.15, -0.1) is 0 Å². The Hall–Kier alpha value is -2.02. The van der Waals surface area contributed by atoms with E-state index in [1.807, 2.05) is 19.1 Å². The summed E-state index contributed by atoms with van der Waals surface area (Å²) in [6.07, 6.45) is 0.947. The Morgan fingerprint density at radius 2 is 2.24 bits per heavy atom. The molecule has 0 bridgehead atoms. The number of ether oxygens (including phenoxy) is 1. The van der Waals surface area contributed by atoms with Crippen molar-refractivity contribution in [3.05, 3.63) is 24.3 Å². The summed E-state index contributed by atoms with van der Waals surface area (Å²) in [5.41, 5.74) is 0.636. The van der Waals surface area contributed by atoms with Crippen LogP contribution in [0, 0.1) is 11.3 Å². The van der Waals surface area contributed by atoms with Gasteiger partial charge in [0.15, 0.2) is 0 Å². The van der Waals surface area contributed by atoms with Crippen LogP contribution >= 0.6 is 0 Å². The van der Waals surface area contributed by atoms with Gasteiger partial charge in [0.05, 0.1) is 18.2 Å². The standard InChI is InChI=1S/C13H16N2O2/c1-3-11(8-9-14)17-13-7-5-4-6-12(13)15-10(2)16/h4-7,11H,3,8H2,1-2H3,(H,15,16). The fourth-order valence-corrected chi connectivity index (χ4v) is 1.41. The van der Waals surface area contributed by atoms with Crippen molar-refractivity contribution in [3.8, 4) is 11.8 Å². The van der Waals surface area contributed by atoms with Gasteiger partial charge in [-0.25, -0.2) is 0 Å². The topological polar surface area (TPSA) is 62.1 Å². The summed E-state index contributed by atoms with van der Waals surface area (Å²) in [5, 5.41) is 11.4. The second-order valence-corrected chi connectivity index (χ2v) is 3.69. The second kappa shape index (κ2) is 6.54. The molecule has 0 spiro atoms. The van der Waals surface area contributed by atoms with Crippen molar-refractivity contribution in [2.75, 3.05) is 5.32 Å². The van der Waals surface area contributed by atoms with E-state index in [0.29, 0.717) is 17.9 Å². The van der Waals surface area contributed by atoms with Gasteiger partial charge in [-0.3, -0.25) is 4.79 Å². The van der Waals surface area contributed by atoms with Gasteiger partial charge in [0, 0.05) is 6.92 Å². The molecule has 90 valence electrons. The Morgan fingerprint density at radius 1 is 1.53 bits per heavy atom. The molecule has 1 unspecified atom stereocenters. The highest BCUT2D eigenvalue weighted by Gasteiger charge is 2.11. The van der Waals surface area contributed by atoms with E-state index in [9.17, 15) is 4.79 Å². The summed E-state index contributed by atoms with van der Waals surface area (Å²) in [4.78, 5) is 11.0. The molecule has 1 N–H and O–H groups in total. The maximum Gasteiger partial charge on any atom is 0.221 e. The predicted octanol–water partition coefficient (Wildman–Crippen LogP) is 2.72. The lowest BCUT2D eigenvalue weighted by molar-refractivity contribution is -0.114. The average molecular weight is 232 g/mol. The third-order valence-corrected chi connectivity index (χ3v) is 2.27. The van der Waals surface area contributed by atoms with Crippen molar-refractivity contribution < 1.29 is 9.53 Å². The predicted molar refractivity (Wildman–Crippen MR) is 65.7 cm³/mol. The lowest BCUT2D eigenvalue weighted by atomic mass is 10.2. The maximum atomic E-state index is 11.0. The number of hydrogen-bond donors (Lipinski definition) is 1. The number of rotatable bonds is 5. The Balaban J connectivity index is 2.82. The number of nitrogens with one attached hydrogen (secondary N) is 1. The summed E-state index contributed by atoms with van der Waals surface area (Å²) < 4.78 is 5.70. The summed E-state index contributed by atoms with van der Waals surface area (Å²) in [5.74, 6) is 0.458. The minimum Gasteiger partial charge on any atom is -0.487 e. The summed E-state index contributed by atoms with van der Waals surface area (Å²) in [7, 11) is 0. The van der Waals surface area contributed by atoms with E-state index in [2.05, 4.69) is 11.4 Å². The second-order valence-electron chi connectivity index (χ2n) is 3.69. The molecule has 17 heavy (non-hydrogen) atoms. The molecule has 0 aliphatic heterocycles. The first-order valence-corrected chi connectivity index (χ1v) is 5.57. The fraction of sp³-hybridized carbons (Fsp3) is 0.385. The van der Waals surface area contributed by atoms with Gasteiger partial charge in [0.2, 0.25) is 5.91 Å². The molecule has 1 atom stereocenters. The van der Waals surface area contributed by atoms with Crippen molar-refractivity contribution >= 4 is 11.6 Å². The number of anilines is 1. The van der Waals surface area contributed by atoms with Crippen LogP contribution in [0.2, 0.25) is 0 Å². The van der Waals surface area contributed by atoms with Crippen molar-refractivity contribution in [2.24, 2.45) is 0 Å². The molecule has 1 rings (SSSR count). The maximum absolute atomic E-state index is 11.0. The monoisotopic (exact) mass is 232 g/mol. The zero-order valence-corrected chi connectivity index (χ0v) is 10.1. The van der Waals surface area contributed by atoms with Gasteiger partial charge in [0.1, 0.15) is 11.9 Å². The molecule has 1 aromatic rings. The van der Waals surface area contributed by atoms with E-state index in [0.717, 1.165) is 6.42 Å². The molecule has 1 amide bonds. The van der Waals surface area contributed by atoms with E-state index in [1.165, 1.54) is 6.92 Å². The van der Waals surface area contributed by atoms with Crippen LogP contribution in [0.25, 0.3) is 0 Å². The van der Waals surface area contributed by atoms with Crippen molar-refractivity contribution in [1.29, 1.82) is 5.26 Å². The lowest BCUT2D eigenvalue weighted by Gasteiger charge is -2.17. The molecule has 0 fully saturated rings.